The minimum atomic E-state index is 0. The van der Waals surface area contributed by atoms with Gasteiger partial charge in [0, 0.05) is 54.5 Å². The molecule has 1 nitrogen and oxygen atoms in total. The predicted molar refractivity (Wildman–Crippen MR) is 12.2 cm³/mol. The molecule has 0 aliphatic rings. The minimum Gasteiger partial charge on any atom is 0 e. The summed E-state index contributed by atoms with van der Waals surface area (Å²) in [6, 6.07) is 0. The van der Waals surface area contributed by atoms with E-state index in [1.54, 1.807) is 0 Å². The largest absolute Gasteiger partial charge is 0 e. The van der Waals surface area contributed by atoms with Crippen LogP contribution in [0.5, 0.6) is 0 Å². The SMILES string of the molecule is O=[As].[La].[Li]. The van der Waals surface area contributed by atoms with E-state index in [1.807, 2.05) is 0 Å². The van der Waals surface area contributed by atoms with Crippen LogP contribution in [0, 0.1) is 35.6 Å². The normalized spacial score (nSPS) is 1.00. The second-order valence-corrected chi connectivity index (χ2v) is 0. The Balaban J connectivity index is -0.00000000500. The molecule has 0 aromatic carbocycles. The maximum absolute atomic E-state index is 8.19. The summed E-state index contributed by atoms with van der Waals surface area (Å²) >= 11 is 1.06. The van der Waals surface area contributed by atoms with E-state index in [1.165, 1.54) is 0 Å². The molecule has 0 saturated heterocycles. The molecule has 4 heteroatoms. The van der Waals surface area contributed by atoms with Crippen molar-refractivity contribution >= 4 is 35.7 Å². The summed E-state index contributed by atoms with van der Waals surface area (Å²) in [5, 5.41) is 0. The molecule has 0 aromatic heterocycles. The maximum Gasteiger partial charge on any atom is 0 e. The Morgan fingerprint density at radius 1 is 1.25 bits per heavy atom. The molecule has 15 valence electrons. The van der Waals surface area contributed by atoms with Crippen LogP contribution in [0.3, 0.4) is 0 Å². The van der Waals surface area contributed by atoms with Crippen LogP contribution in [0.4, 0.5) is 0 Å². The Bertz CT molecular complexity index is 8.00. The molecule has 0 aliphatic heterocycles. The molecule has 0 fully saturated rings. The first-order valence-corrected chi connectivity index (χ1v) is 0.949. The van der Waals surface area contributed by atoms with Gasteiger partial charge >= 0.3 is 20.5 Å². The molecule has 0 amide bonds. The van der Waals surface area contributed by atoms with Crippen molar-refractivity contribution in [1.29, 1.82) is 0 Å². The number of hydrogen-bond donors (Lipinski definition) is 0. The molecule has 0 saturated carbocycles. The summed E-state index contributed by atoms with van der Waals surface area (Å²) in [5.41, 5.74) is 0. The standard InChI is InChI=1S/AsO.La.Li/c1-2;;. The third-order valence-corrected chi connectivity index (χ3v) is 0. The van der Waals surface area contributed by atoms with Gasteiger partial charge in [0.25, 0.3) is 0 Å². The summed E-state index contributed by atoms with van der Waals surface area (Å²) < 4.78 is 8.19. The maximum atomic E-state index is 8.19. The molecule has 0 N–H and O–H groups in total. The van der Waals surface area contributed by atoms with Crippen molar-refractivity contribution in [1.82, 2.24) is 0 Å². The van der Waals surface area contributed by atoms with Crippen LogP contribution in [0.15, 0.2) is 0 Å². The molecule has 0 rings (SSSR count). The predicted octanol–water partition coefficient (Wildman–Crippen LogP) is -0.880. The third-order valence-electron chi connectivity index (χ3n) is 0. The van der Waals surface area contributed by atoms with Crippen LogP contribution < -0.4 is 0 Å². The molecule has 0 aliphatic carbocycles. The van der Waals surface area contributed by atoms with E-state index >= 15 is 0 Å². The monoisotopic (exact) mass is 237 g/mol. The fourth-order valence-electron chi connectivity index (χ4n) is 0. The molecule has 0 spiro atoms. The van der Waals surface area contributed by atoms with E-state index in [-0.39, 0.29) is 54.5 Å². The van der Waals surface area contributed by atoms with E-state index < -0.39 is 0 Å². The zero-order valence-electron chi connectivity index (χ0n) is 2.43. The quantitative estimate of drug-likeness (QED) is 0.500. The van der Waals surface area contributed by atoms with Gasteiger partial charge in [-0.3, -0.25) is 0 Å². The first kappa shape index (κ1) is 16.4. The van der Waals surface area contributed by atoms with Crippen LogP contribution in [0.25, 0.3) is 0 Å². The molecule has 0 aromatic rings. The summed E-state index contributed by atoms with van der Waals surface area (Å²) in [6.07, 6.45) is 0. The van der Waals surface area contributed by atoms with Gasteiger partial charge in [-0.05, 0) is 0 Å². The van der Waals surface area contributed by atoms with E-state index in [0.717, 1.165) is 16.8 Å². The summed E-state index contributed by atoms with van der Waals surface area (Å²) in [5.74, 6) is 0. The van der Waals surface area contributed by atoms with Gasteiger partial charge in [-0.2, -0.15) is 0 Å². The van der Waals surface area contributed by atoms with Crippen LogP contribution in [-0.4, -0.2) is 35.7 Å². The van der Waals surface area contributed by atoms with E-state index in [4.69, 9.17) is 3.74 Å². The van der Waals surface area contributed by atoms with Gasteiger partial charge in [-0.15, -0.1) is 0 Å². The number of hydrogen-bond acceptors (Lipinski definition) is 1. The Hall–Kier alpha value is 2.15. The average Bonchev–Trinajstić information content (AvgIpc) is 1.00. The molecule has 3 radical (unpaired) electrons. The summed E-state index contributed by atoms with van der Waals surface area (Å²) in [4.78, 5) is 0. The van der Waals surface area contributed by atoms with Gasteiger partial charge in [-0.25, -0.2) is 0 Å². The first-order valence-electron chi connectivity index (χ1n) is 0.183. The van der Waals surface area contributed by atoms with Gasteiger partial charge < -0.3 is 0 Å². The van der Waals surface area contributed by atoms with Crippen LogP contribution in [0.2, 0.25) is 0 Å². The van der Waals surface area contributed by atoms with Crippen molar-refractivity contribution in [2.24, 2.45) is 0 Å². The Morgan fingerprint density at radius 3 is 1.25 bits per heavy atom. The Labute approximate surface area is 73.8 Å². The average molecular weight is 237 g/mol. The zero-order valence-corrected chi connectivity index (χ0v) is 7.94. The number of rotatable bonds is 0. The second kappa shape index (κ2) is 19.2. The van der Waals surface area contributed by atoms with Crippen molar-refractivity contribution in [2.75, 3.05) is 0 Å². The van der Waals surface area contributed by atoms with Crippen molar-refractivity contribution in [3.8, 4) is 0 Å². The van der Waals surface area contributed by atoms with Gasteiger partial charge in [0.1, 0.15) is 0 Å². The smallest absolute Gasteiger partial charge is 0 e. The molecular formula is AsLaLiO. The molecule has 4 heavy (non-hydrogen) atoms. The minimum absolute atomic E-state index is 0. The Kier molecular flexibility index (Phi) is 78.8. The van der Waals surface area contributed by atoms with E-state index in [0.29, 0.717) is 0 Å². The van der Waals surface area contributed by atoms with Crippen molar-refractivity contribution in [2.45, 2.75) is 0 Å². The second-order valence-electron chi connectivity index (χ2n) is 0. The molecule has 0 unspecified atom stereocenters. The van der Waals surface area contributed by atoms with Crippen molar-refractivity contribution in [3.05, 3.63) is 0 Å². The fourth-order valence-corrected chi connectivity index (χ4v) is 0. The van der Waals surface area contributed by atoms with Gasteiger partial charge in [-0.1, -0.05) is 0 Å². The zero-order chi connectivity index (χ0) is 2.00. The third kappa shape index (κ3) is 8.91. The van der Waals surface area contributed by atoms with E-state index in [2.05, 4.69) is 0 Å². The molecule has 0 bridgehead atoms. The van der Waals surface area contributed by atoms with Crippen LogP contribution in [-0.2, 0) is 3.74 Å². The topological polar surface area (TPSA) is 17.1 Å². The Morgan fingerprint density at radius 2 is 1.25 bits per heavy atom. The summed E-state index contributed by atoms with van der Waals surface area (Å²) in [7, 11) is 0. The molecule has 0 heterocycles. The van der Waals surface area contributed by atoms with Crippen LogP contribution in [0.1, 0.15) is 0 Å². The summed E-state index contributed by atoms with van der Waals surface area (Å²) in [6.45, 7) is 0. The molecule has 0 atom stereocenters. The first-order chi connectivity index (χ1) is 1.00. The fraction of sp³-hybridized carbons (Fsp3) is 0. The van der Waals surface area contributed by atoms with Crippen molar-refractivity contribution < 1.29 is 39.3 Å². The van der Waals surface area contributed by atoms with E-state index in [9.17, 15) is 0 Å². The van der Waals surface area contributed by atoms with Gasteiger partial charge in [0.05, 0.1) is 0 Å². The van der Waals surface area contributed by atoms with Crippen LogP contribution >= 0.6 is 0 Å². The van der Waals surface area contributed by atoms with Crippen molar-refractivity contribution in [3.63, 3.8) is 0 Å². The van der Waals surface area contributed by atoms with Gasteiger partial charge in [0.15, 0.2) is 0 Å². The van der Waals surface area contributed by atoms with Gasteiger partial charge in [0.2, 0.25) is 0 Å². The molecular weight excluding hydrogens is 237 g/mol.